The molecule has 2 rings (SSSR count). The number of carbonyl (C=O) groups excluding carboxylic acids is 1. The molecule has 1 aliphatic heterocycles. The van der Waals surface area contributed by atoms with E-state index in [-0.39, 0.29) is 11.7 Å². The van der Waals surface area contributed by atoms with Crippen LogP contribution in [0.15, 0.2) is 24.3 Å². The maximum Gasteiger partial charge on any atom is 0.251 e. The maximum absolute atomic E-state index is 11.8. The monoisotopic (exact) mass is 264 g/mol. The molecule has 1 saturated heterocycles. The summed E-state index contributed by atoms with van der Waals surface area (Å²) in [4.78, 5) is 14.1. The van der Waals surface area contributed by atoms with Crippen LogP contribution in [0.2, 0.25) is 0 Å². The van der Waals surface area contributed by atoms with Gasteiger partial charge in [0.15, 0.2) is 0 Å². The van der Waals surface area contributed by atoms with Crippen LogP contribution in [0.5, 0.6) is 5.75 Å². The predicted molar refractivity (Wildman–Crippen MR) is 72.3 cm³/mol. The van der Waals surface area contributed by atoms with E-state index in [1.54, 1.807) is 12.1 Å². The molecule has 1 aliphatic rings. The molecule has 19 heavy (non-hydrogen) atoms. The molecule has 1 amide bonds. The van der Waals surface area contributed by atoms with Gasteiger partial charge in [-0.1, -0.05) is 0 Å². The number of nitrogens with one attached hydrogen (secondary N) is 1. The van der Waals surface area contributed by atoms with E-state index in [0.29, 0.717) is 12.1 Å². The van der Waals surface area contributed by atoms with Crippen molar-refractivity contribution in [3.05, 3.63) is 29.8 Å². The SMILES string of the molecule is O=C(NCCCN1CCOCC1)c1ccc(O)cc1. The van der Waals surface area contributed by atoms with Gasteiger partial charge in [-0.25, -0.2) is 0 Å². The minimum absolute atomic E-state index is 0.0954. The molecule has 1 aromatic rings. The number of morpholine rings is 1. The lowest BCUT2D eigenvalue weighted by Gasteiger charge is -2.26. The van der Waals surface area contributed by atoms with E-state index >= 15 is 0 Å². The van der Waals surface area contributed by atoms with E-state index in [2.05, 4.69) is 10.2 Å². The van der Waals surface area contributed by atoms with Crippen molar-refractivity contribution in [3.8, 4) is 5.75 Å². The average molecular weight is 264 g/mol. The number of nitrogens with zero attached hydrogens (tertiary/aromatic N) is 1. The summed E-state index contributed by atoms with van der Waals surface area (Å²) < 4.78 is 5.28. The summed E-state index contributed by atoms with van der Waals surface area (Å²) in [5, 5.41) is 12.0. The first-order chi connectivity index (χ1) is 9.25. The van der Waals surface area contributed by atoms with Gasteiger partial charge in [0.25, 0.3) is 5.91 Å². The molecule has 0 saturated carbocycles. The molecule has 0 aromatic heterocycles. The molecule has 1 aromatic carbocycles. The Morgan fingerprint density at radius 3 is 2.63 bits per heavy atom. The standard InChI is InChI=1S/C14H20N2O3/c17-13-4-2-12(3-5-13)14(18)15-6-1-7-16-8-10-19-11-9-16/h2-5,17H,1,6-11H2,(H,15,18). The van der Waals surface area contributed by atoms with Crippen LogP contribution in [0, 0.1) is 0 Å². The molecule has 5 nitrogen and oxygen atoms in total. The molecule has 5 heteroatoms. The van der Waals surface area contributed by atoms with Gasteiger partial charge < -0.3 is 15.2 Å². The number of hydrogen-bond acceptors (Lipinski definition) is 4. The lowest BCUT2D eigenvalue weighted by Crippen LogP contribution is -2.38. The van der Waals surface area contributed by atoms with Gasteiger partial charge in [0.1, 0.15) is 5.75 Å². The van der Waals surface area contributed by atoms with Crippen LogP contribution in [0.1, 0.15) is 16.8 Å². The maximum atomic E-state index is 11.8. The third-order valence-corrected chi connectivity index (χ3v) is 3.17. The largest absolute Gasteiger partial charge is 0.508 e. The lowest BCUT2D eigenvalue weighted by molar-refractivity contribution is 0.0374. The van der Waals surface area contributed by atoms with E-state index < -0.39 is 0 Å². The van der Waals surface area contributed by atoms with Crippen molar-refractivity contribution >= 4 is 5.91 Å². The third-order valence-electron chi connectivity index (χ3n) is 3.17. The van der Waals surface area contributed by atoms with Crippen LogP contribution in [0.3, 0.4) is 0 Å². The van der Waals surface area contributed by atoms with Gasteiger partial charge >= 0.3 is 0 Å². The lowest BCUT2D eigenvalue weighted by atomic mass is 10.2. The van der Waals surface area contributed by atoms with E-state index in [1.807, 2.05) is 0 Å². The van der Waals surface area contributed by atoms with Crippen molar-refractivity contribution in [2.75, 3.05) is 39.4 Å². The van der Waals surface area contributed by atoms with Gasteiger partial charge in [-0.05, 0) is 37.2 Å². The molecular weight excluding hydrogens is 244 g/mol. The van der Waals surface area contributed by atoms with E-state index in [0.717, 1.165) is 39.3 Å². The highest BCUT2D eigenvalue weighted by molar-refractivity contribution is 5.94. The first kappa shape index (κ1) is 13.8. The van der Waals surface area contributed by atoms with Crippen molar-refractivity contribution < 1.29 is 14.6 Å². The number of carbonyl (C=O) groups is 1. The van der Waals surface area contributed by atoms with Crippen LogP contribution in [-0.4, -0.2) is 55.3 Å². The van der Waals surface area contributed by atoms with E-state index in [4.69, 9.17) is 9.84 Å². The van der Waals surface area contributed by atoms with Crippen molar-refractivity contribution in [1.29, 1.82) is 0 Å². The number of hydrogen-bond donors (Lipinski definition) is 2. The minimum Gasteiger partial charge on any atom is -0.508 e. The highest BCUT2D eigenvalue weighted by Gasteiger charge is 2.10. The Labute approximate surface area is 113 Å². The van der Waals surface area contributed by atoms with Gasteiger partial charge in [-0.3, -0.25) is 9.69 Å². The number of amides is 1. The molecule has 0 atom stereocenters. The van der Waals surface area contributed by atoms with Crippen LogP contribution in [0.25, 0.3) is 0 Å². The number of ether oxygens (including phenoxy) is 1. The summed E-state index contributed by atoms with van der Waals surface area (Å²) in [6, 6.07) is 6.27. The molecule has 0 aliphatic carbocycles. The molecule has 104 valence electrons. The summed E-state index contributed by atoms with van der Waals surface area (Å²) in [5.41, 5.74) is 0.573. The second-order valence-electron chi connectivity index (χ2n) is 4.61. The fraction of sp³-hybridized carbons (Fsp3) is 0.500. The normalized spacial score (nSPS) is 16.2. The number of rotatable bonds is 5. The van der Waals surface area contributed by atoms with Crippen molar-refractivity contribution in [3.63, 3.8) is 0 Å². The van der Waals surface area contributed by atoms with Gasteiger partial charge in [-0.2, -0.15) is 0 Å². The summed E-state index contributed by atoms with van der Waals surface area (Å²) in [5.74, 6) is 0.0749. The minimum atomic E-state index is -0.0954. The molecule has 2 N–H and O–H groups in total. The third kappa shape index (κ3) is 4.54. The molecule has 0 unspecified atom stereocenters. The van der Waals surface area contributed by atoms with Crippen LogP contribution < -0.4 is 5.32 Å². The second-order valence-corrected chi connectivity index (χ2v) is 4.61. The van der Waals surface area contributed by atoms with Gasteiger partial charge in [-0.15, -0.1) is 0 Å². The summed E-state index contributed by atoms with van der Waals surface area (Å²) in [7, 11) is 0. The Hall–Kier alpha value is -1.59. The zero-order valence-corrected chi connectivity index (χ0v) is 11.0. The molecular formula is C14H20N2O3. The number of aromatic hydroxyl groups is 1. The Morgan fingerprint density at radius 2 is 1.95 bits per heavy atom. The molecule has 1 fully saturated rings. The zero-order valence-electron chi connectivity index (χ0n) is 11.0. The highest BCUT2D eigenvalue weighted by atomic mass is 16.5. The smallest absolute Gasteiger partial charge is 0.251 e. The molecule has 1 heterocycles. The summed E-state index contributed by atoms with van der Waals surface area (Å²) in [6.45, 7) is 5.22. The molecule has 0 radical (unpaired) electrons. The molecule has 0 bridgehead atoms. The summed E-state index contributed by atoms with van der Waals surface area (Å²) >= 11 is 0. The summed E-state index contributed by atoms with van der Waals surface area (Å²) in [6.07, 6.45) is 0.934. The van der Waals surface area contributed by atoms with Gasteiger partial charge in [0, 0.05) is 25.2 Å². The van der Waals surface area contributed by atoms with Crippen molar-refractivity contribution in [2.45, 2.75) is 6.42 Å². The quantitative estimate of drug-likeness (QED) is 0.774. The zero-order chi connectivity index (χ0) is 13.5. The Kier molecular flexibility index (Phi) is 5.18. The first-order valence-electron chi connectivity index (χ1n) is 6.63. The predicted octanol–water partition coefficient (Wildman–Crippen LogP) is 0.844. The average Bonchev–Trinajstić information content (AvgIpc) is 2.45. The first-order valence-corrected chi connectivity index (χ1v) is 6.63. The van der Waals surface area contributed by atoms with Gasteiger partial charge in [0.05, 0.1) is 13.2 Å². The Bertz CT molecular complexity index is 400. The second kappa shape index (κ2) is 7.11. The Balaban J connectivity index is 1.64. The molecule has 0 spiro atoms. The van der Waals surface area contributed by atoms with Crippen LogP contribution in [-0.2, 0) is 4.74 Å². The fourth-order valence-electron chi connectivity index (χ4n) is 2.04. The van der Waals surface area contributed by atoms with Crippen LogP contribution >= 0.6 is 0 Å². The number of benzene rings is 1. The van der Waals surface area contributed by atoms with Gasteiger partial charge in [0.2, 0.25) is 0 Å². The van der Waals surface area contributed by atoms with Crippen molar-refractivity contribution in [2.24, 2.45) is 0 Å². The number of phenolic OH excluding ortho intramolecular Hbond substituents is 1. The van der Waals surface area contributed by atoms with E-state index in [9.17, 15) is 4.79 Å². The topological polar surface area (TPSA) is 61.8 Å². The van der Waals surface area contributed by atoms with Crippen LogP contribution in [0.4, 0.5) is 0 Å². The number of phenols is 1. The fourth-order valence-corrected chi connectivity index (χ4v) is 2.04. The highest BCUT2D eigenvalue weighted by Crippen LogP contribution is 2.09. The van der Waals surface area contributed by atoms with Crippen molar-refractivity contribution in [1.82, 2.24) is 10.2 Å². The Morgan fingerprint density at radius 1 is 1.26 bits per heavy atom. The van der Waals surface area contributed by atoms with E-state index in [1.165, 1.54) is 12.1 Å².